The van der Waals surface area contributed by atoms with Gasteiger partial charge in [0.05, 0.1) is 6.10 Å². The van der Waals surface area contributed by atoms with Gasteiger partial charge in [0, 0.05) is 12.8 Å². The van der Waals surface area contributed by atoms with Gasteiger partial charge in [-0.3, -0.25) is 9.59 Å². The first kappa shape index (κ1) is 42.8. The van der Waals surface area contributed by atoms with Gasteiger partial charge >= 0.3 is 11.9 Å². The van der Waals surface area contributed by atoms with Gasteiger partial charge in [0.2, 0.25) is 0 Å². The lowest BCUT2D eigenvalue weighted by atomic mass is 10.0. The second-order valence-corrected chi connectivity index (χ2v) is 12.7. The number of aliphatic hydroxyl groups is 2. The number of carbonyl (C=O) groups excluding carboxylic acids is 2. The van der Waals surface area contributed by atoms with E-state index in [0.29, 0.717) is 19.3 Å². The summed E-state index contributed by atoms with van der Waals surface area (Å²) in [6, 6.07) is 0. The van der Waals surface area contributed by atoms with Crippen LogP contribution in [0.25, 0.3) is 0 Å². The van der Waals surface area contributed by atoms with Crippen LogP contribution in [0.5, 0.6) is 0 Å². The lowest BCUT2D eigenvalue weighted by Crippen LogP contribution is -2.25. The third kappa shape index (κ3) is 34.5. The van der Waals surface area contributed by atoms with Crippen molar-refractivity contribution < 1.29 is 29.3 Å². The van der Waals surface area contributed by atoms with Crippen molar-refractivity contribution in [1.82, 2.24) is 0 Å². The number of rotatable bonds is 31. The van der Waals surface area contributed by atoms with Gasteiger partial charge in [0.25, 0.3) is 0 Å². The summed E-state index contributed by atoms with van der Waals surface area (Å²) < 4.78 is 10.2. The molecule has 2 N–H and O–H groups in total. The minimum absolute atomic E-state index is 0.156. The van der Waals surface area contributed by atoms with E-state index < -0.39 is 18.2 Å². The molecule has 0 spiro atoms. The Bertz CT molecular complexity index is 797. The molecule has 0 aliphatic rings. The molecule has 0 fully saturated rings. The Morgan fingerprint density at radius 1 is 0.600 bits per heavy atom. The van der Waals surface area contributed by atoms with E-state index in [-0.39, 0.29) is 25.6 Å². The van der Waals surface area contributed by atoms with E-state index in [1.807, 2.05) is 18.2 Å². The molecular formula is C39H68O6. The van der Waals surface area contributed by atoms with E-state index in [9.17, 15) is 19.8 Å². The van der Waals surface area contributed by atoms with Crippen molar-refractivity contribution in [3.63, 3.8) is 0 Å². The molecule has 2 atom stereocenters. The number of esters is 2. The Morgan fingerprint density at radius 3 is 1.73 bits per heavy atom. The van der Waals surface area contributed by atoms with Crippen LogP contribution in [-0.4, -0.2) is 47.6 Å². The van der Waals surface area contributed by atoms with Crippen molar-refractivity contribution >= 4 is 11.9 Å². The second-order valence-electron chi connectivity index (χ2n) is 12.7. The maximum Gasteiger partial charge on any atom is 0.305 e. The smallest absolute Gasteiger partial charge is 0.305 e. The fourth-order valence-electron chi connectivity index (χ4n) is 4.78. The predicted octanol–water partition coefficient (Wildman–Crippen LogP) is 9.89. The SMILES string of the molecule is CCCCC/C=C\C/C=C\C/C=C\C=C\[C@@H](O)CCCC(=O)OC[C@@H](O)COC(=O)CCCCCCCCCCCCC(C)C. The lowest BCUT2D eigenvalue weighted by Gasteiger charge is -2.12. The molecule has 0 saturated heterocycles. The maximum atomic E-state index is 11.9. The first-order valence-corrected chi connectivity index (χ1v) is 18.2. The van der Waals surface area contributed by atoms with Crippen LogP contribution in [0, 0.1) is 5.92 Å². The number of ether oxygens (including phenoxy) is 2. The molecule has 260 valence electrons. The molecule has 0 aromatic rings. The Morgan fingerprint density at radius 2 is 1.13 bits per heavy atom. The molecule has 0 heterocycles. The van der Waals surface area contributed by atoms with Gasteiger partial charge in [-0.25, -0.2) is 0 Å². The molecule has 6 heteroatoms. The van der Waals surface area contributed by atoms with Gasteiger partial charge in [0.15, 0.2) is 0 Å². The third-order valence-electron chi connectivity index (χ3n) is 7.60. The van der Waals surface area contributed by atoms with Crippen molar-refractivity contribution in [2.75, 3.05) is 13.2 Å². The van der Waals surface area contributed by atoms with Crippen molar-refractivity contribution in [3.8, 4) is 0 Å². The quantitative estimate of drug-likeness (QED) is 0.0342. The highest BCUT2D eigenvalue weighted by molar-refractivity contribution is 5.69. The molecule has 6 nitrogen and oxygen atoms in total. The number of hydrogen-bond acceptors (Lipinski definition) is 6. The van der Waals surface area contributed by atoms with E-state index in [4.69, 9.17) is 9.47 Å². The predicted molar refractivity (Wildman–Crippen MR) is 188 cm³/mol. The van der Waals surface area contributed by atoms with Gasteiger partial charge in [-0.15, -0.1) is 0 Å². The number of carbonyl (C=O) groups is 2. The van der Waals surface area contributed by atoms with Crippen LogP contribution in [-0.2, 0) is 19.1 Å². The van der Waals surface area contributed by atoms with Gasteiger partial charge < -0.3 is 19.7 Å². The minimum Gasteiger partial charge on any atom is -0.463 e. The number of aliphatic hydroxyl groups excluding tert-OH is 2. The average molecular weight is 633 g/mol. The molecule has 0 unspecified atom stereocenters. The maximum absolute atomic E-state index is 11.9. The Hall–Kier alpha value is -2.18. The number of unbranched alkanes of at least 4 members (excludes halogenated alkanes) is 12. The summed E-state index contributed by atoms with van der Waals surface area (Å²) in [5.41, 5.74) is 0. The molecule has 0 bridgehead atoms. The fraction of sp³-hybridized carbons (Fsp3) is 0.744. The van der Waals surface area contributed by atoms with Crippen LogP contribution in [0.3, 0.4) is 0 Å². The highest BCUT2D eigenvalue weighted by atomic mass is 16.6. The van der Waals surface area contributed by atoms with Crippen molar-refractivity contribution in [1.29, 1.82) is 0 Å². The first-order valence-electron chi connectivity index (χ1n) is 18.2. The molecule has 45 heavy (non-hydrogen) atoms. The van der Waals surface area contributed by atoms with Crippen LogP contribution in [0.2, 0.25) is 0 Å². The van der Waals surface area contributed by atoms with E-state index >= 15 is 0 Å². The van der Waals surface area contributed by atoms with E-state index in [0.717, 1.165) is 44.4 Å². The molecular weight excluding hydrogens is 564 g/mol. The molecule has 0 rings (SSSR count). The summed E-state index contributed by atoms with van der Waals surface area (Å²) in [5.74, 6) is 0.0541. The van der Waals surface area contributed by atoms with Crippen LogP contribution < -0.4 is 0 Å². The monoisotopic (exact) mass is 633 g/mol. The Kier molecular flexibility index (Phi) is 31.6. The summed E-state index contributed by atoms with van der Waals surface area (Å²) in [4.78, 5) is 23.9. The second kappa shape index (κ2) is 33.2. The summed E-state index contributed by atoms with van der Waals surface area (Å²) >= 11 is 0. The normalized spacial score (nSPS) is 13.6. The van der Waals surface area contributed by atoms with Gasteiger partial charge in [-0.2, -0.15) is 0 Å². The first-order chi connectivity index (χ1) is 21.8. The van der Waals surface area contributed by atoms with Crippen LogP contribution in [0.15, 0.2) is 48.6 Å². The van der Waals surface area contributed by atoms with Crippen LogP contribution >= 0.6 is 0 Å². The molecule has 0 aliphatic carbocycles. The van der Waals surface area contributed by atoms with Gasteiger partial charge in [0.1, 0.15) is 19.3 Å². The molecule has 0 aromatic carbocycles. The van der Waals surface area contributed by atoms with Gasteiger partial charge in [-0.05, 0) is 50.9 Å². The average Bonchev–Trinajstić information content (AvgIpc) is 3.01. The topological polar surface area (TPSA) is 93.1 Å². The standard InChI is InChI=1S/C39H68O6/c1-4-5-6-7-8-9-10-11-12-16-19-22-25-29-36(40)30-27-32-39(43)45-34-37(41)33-44-38(42)31-26-23-20-17-14-13-15-18-21-24-28-35(2)3/h8-9,11-12,19,22,25,29,35-37,40-41H,4-7,10,13-18,20-21,23-24,26-28,30-34H2,1-3H3/b9-8-,12-11-,22-19-,29-25+/t36-,37+/m1/s1. The lowest BCUT2D eigenvalue weighted by molar-refractivity contribution is -0.152. The zero-order valence-corrected chi connectivity index (χ0v) is 29.1. The fourth-order valence-corrected chi connectivity index (χ4v) is 4.78. The van der Waals surface area contributed by atoms with E-state index in [1.54, 1.807) is 6.08 Å². The minimum atomic E-state index is -1.04. The largest absolute Gasteiger partial charge is 0.463 e. The number of allylic oxidation sites excluding steroid dienone is 7. The molecule has 0 saturated carbocycles. The molecule has 0 aromatic heterocycles. The Balaban J connectivity index is 3.67. The highest BCUT2D eigenvalue weighted by Gasteiger charge is 2.12. The van der Waals surface area contributed by atoms with Crippen molar-refractivity contribution in [2.24, 2.45) is 5.92 Å². The van der Waals surface area contributed by atoms with Crippen LogP contribution in [0.4, 0.5) is 0 Å². The highest BCUT2D eigenvalue weighted by Crippen LogP contribution is 2.14. The Labute approximate surface area is 276 Å². The van der Waals surface area contributed by atoms with Crippen LogP contribution in [0.1, 0.15) is 156 Å². The van der Waals surface area contributed by atoms with Crippen molar-refractivity contribution in [3.05, 3.63) is 48.6 Å². The number of hydrogen-bond donors (Lipinski definition) is 2. The summed E-state index contributed by atoms with van der Waals surface area (Å²) in [6.07, 6.45) is 36.3. The molecule has 0 radical (unpaired) electrons. The summed E-state index contributed by atoms with van der Waals surface area (Å²) in [7, 11) is 0. The summed E-state index contributed by atoms with van der Waals surface area (Å²) in [6.45, 7) is 6.41. The zero-order valence-electron chi connectivity index (χ0n) is 29.1. The van der Waals surface area contributed by atoms with Crippen molar-refractivity contribution in [2.45, 2.75) is 168 Å². The third-order valence-corrected chi connectivity index (χ3v) is 7.60. The van der Waals surface area contributed by atoms with E-state index in [1.165, 1.54) is 70.6 Å². The zero-order chi connectivity index (χ0) is 33.2. The van der Waals surface area contributed by atoms with Gasteiger partial charge in [-0.1, -0.05) is 146 Å². The molecule has 0 amide bonds. The summed E-state index contributed by atoms with van der Waals surface area (Å²) in [5, 5.41) is 20.0. The van der Waals surface area contributed by atoms with E-state index in [2.05, 4.69) is 45.1 Å². The molecule has 0 aliphatic heterocycles.